The van der Waals surface area contributed by atoms with E-state index < -0.39 is 0 Å². The predicted octanol–water partition coefficient (Wildman–Crippen LogP) is 14.8. The molecule has 0 aliphatic rings. The maximum absolute atomic E-state index is 12.3. The van der Waals surface area contributed by atoms with E-state index in [4.69, 9.17) is 9.47 Å². The molecule has 0 bridgehead atoms. The van der Waals surface area contributed by atoms with E-state index in [1.807, 2.05) is 0 Å². The van der Waals surface area contributed by atoms with Crippen molar-refractivity contribution in [3.63, 3.8) is 0 Å². The topological polar surface area (TPSA) is 55.8 Å². The monoisotopic (exact) mass is 750 g/mol. The van der Waals surface area contributed by atoms with Crippen molar-refractivity contribution in [1.82, 2.24) is 4.90 Å². The van der Waals surface area contributed by atoms with Gasteiger partial charge in [0.25, 0.3) is 0 Å². The van der Waals surface area contributed by atoms with E-state index in [2.05, 4.69) is 53.5 Å². The second kappa shape index (κ2) is 39.1. The summed E-state index contributed by atoms with van der Waals surface area (Å²) in [6, 6.07) is 0.617. The van der Waals surface area contributed by atoms with Gasteiger partial charge in [-0.05, 0) is 90.0 Å². The van der Waals surface area contributed by atoms with Crippen molar-refractivity contribution in [2.24, 2.45) is 17.8 Å². The molecule has 0 spiro atoms. The van der Waals surface area contributed by atoms with Crippen LogP contribution in [0.15, 0.2) is 0 Å². The lowest BCUT2D eigenvalue weighted by Gasteiger charge is -2.27. The fourth-order valence-electron chi connectivity index (χ4n) is 7.77. The van der Waals surface area contributed by atoms with Crippen molar-refractivity contribution in [1.29, 1.82) is 0 Å². The van der Waals surface area contributed by atoms with Crippen LogP contribution in [-0.2, 0) is 19.1 Å². The first-order valence-corrected chi connectivity index (χ1v) is 23.8. The summed E-state index contributed by atoms with van der Waals surface area (Å²) in [7, 11) is 2.30. The van der Waals surface area contributed by atoms with E-state index in [0.29, 0.717) is 43.9 Å². The number of hydrogen-bond donors (Lipinski definition) is 0. The Bertz CT molecular complexity index is 714. The Balaban J connectivity index is 3.96. The summed E-state index contributed by atoms with van der Waals surface area (Å²) in [6.07, 6.45) is 38.9. The van der Waals surface area contributed by atoms with Crippen LogP contribution in [0.5, 0.6) is 0 Å². The van der Waals surface area contributed by atoms with Gasteiger partial charge in [0.2, 0.25) is 0 Å². The lowest BCUT2D eigenvalue weighted by molar-refractivity contribution is -0.146. The standard InChI is InChI=1S/C48H95NO4/c1-8-12-32-44(33-13-9-2)40-47(50)52-38-30-26-22-18-16-20-24-28-36-46(42-49(7)43(5)6)37-29-25-21-17-19-23-27-31-39-53-48(51)41-45(34-14-10-3)35-15-11-4/h43-46H,8-42H2,1-7H3. The van der Waals surface area contributed by atoms with Crippen LogP contribution in [0.2, 0.25) is 0 Å². The van der Waals surface area contributed by atoms with Gasteiger partial charge in [-0.15, -0.1) is 0 Å². The molecule has 0 fully saturated rings. The quantitative estimate of drug-likeness (QED) is 0.0460. The van der Waals surface area contributed by atoms with Crippen LogP contribution in [-0.4, -0.2) is 49.7 Å². The zero-order valence-electron chi connectivity index (χ0n) is 37.1. The number of esters is 2. The Kier molecular flexibility index (Phi) is 38.3. The fourth-order valence-corrected chi connectivity index (χ4v) is 7.77. The summed E-state index contributed by atoms with van der Waals surface area (Å²) in [5, 5.41) is 0. The van der Waals surface area contributed by atoms with Gasteiger partial charge in [-0.25, -0.2) is 0 Å². The summed E-state index contributed by atoms with van der Waals surface area (Å²) in [6.45, 7) is 16.0. The molecule has 0 amide bonds. The molecule has 0 radical (unpaired) electrons. The first kappa shape index (κ1) is 51.9. The molecule has 0 aliphatic carbocycles. The number of hydrogen-bond acceptors (Lipinski definition) is 5. The number of nitrogens with zero attached hydrogens (tertiary/aromatic N) is 1. The second-order valence-electron chi connectivity index (χ2n) is 17.3. The van der Waals surface area contributed by atoms with Gasteiger partial charge in [0, 0.05) is 25.4 Å². The lowest BCUT2D eigenvalue weighted by atomic mass is 9.93. The van der Waals surface area contributed by atoms with Crippen LogP contribution in [0.3, 0.4) is 0 Å². The van der Waals surface area contributed by atoms with Crippen molar-refractivity contribution >= 4 is 11.9 Å². The number of unbranched alkanes of at least 4 members (excludes halogenated alkanes) is 18. The minimum Gasteiger partial charge on any atom is -0.466 e. The SMILES string of the molecule is CCCCC(CCCC)CC(=O)OCCCCCCCCCCC(CCCCCCCCCCOC(=O)CC(CCCC)CCCC)CN(C)C(C)C. The highest BCUT2D eigenvalue weighted by molar-refractivity contribution is 5.70. The van der Waals surface area contributed by atoms with Crippen LogP contribution >= 0.6 is 0 Å². The molecular formula is C48H95NO4. The maximum Gasteiger partial charge on any atom is 0.306 e. The molecule has 0 N–H and O–H groups in total. The zero-order valence-corrected chi connectivity index (χ0v) is 37.1. The number of ether oxygens (including phenoxy) is 2. The molecule has 0 aromatic heterocycles. The fraction of sp³-hybridized carbons (Fsp3) is 0.958. The number of rotatable bonds is 41. The molecule has 0 aromatic rings. The minimum absolute atomic E-state index is 0.0304. The normalized spacial score (nSPS) is 11.9. The lowest BCUT2D eigenvalue weighted by Crippen LogP contribution is -2.31. The number of carbonyl (C=O) groups is 2. The summed E-state index contributed by atoms with van der Waals surface area (Å²) >= 11 is 0. The van der Waals surface area contributed by atoms with Crippen LogP contribution < -0.4 is 0 Å². The Morgan fingerprint density at radius 1 is 0.415 bits per heavy atom. The van der Waals surface area contributed by atoms with E-state index in [1.165, 1.54) is 186 Å². The molecule has 0 unspecified atom stereocenters. The molecular weight excluding hydrogens is 655 g/mol. The van der Waals surface area contributed by atoms with Crippen molar-refractivity contribution in [2.75, 3.05) is 26.8 Å². The van der Waals surface area contributed by atoms with Gasteiger partial charge in [0.15, 0.2) is 0 Å². The molecule has 53 heavy (non-hydrogen) atoms. The Morgan fingerprint density at radius 3 is 1.00 bits per heavy atom. The van der Waals surface area contributed by atoms with Gasteiger partial charge < -0.3 is 14.4 Å². The highest BCUT2D eigenvalue weighted by Crippen LogP contribution is 2.23. The van der Waals surface area contributed by atoms with E-state index in [9.17, 15) is 9.59 Å². The summed E-state index contributed by atoms with van der Waals surface area (Å²) < 4.78 is 11.2. The molecule has 0 heterocycles. The molecule has 316 valence electrons. The van der Waals surface area contributed by atoms with Crippen LogP contribution in [0, 0.1) is 17.8 Å². The Morgan fingerprint density at radius 2 is 0.698 bits per heavy atom. The number of carbonyl (C=O) groups excluding carboxylic acids is 2. The molecule has 0 rings (SSSR count). The van der Waals surface area contributed by atoms with E-state index in [1.54, 1.807) is 0 Å². The van der Waals surface area contributed by atoms with E-state index >= 15 is 0 Å². The largest absolute Gasteiger partial charge is 0.466 e. The van der Waals surface area contributed by atoms with Crippen molar-refractivity contribution in [3.8, 4) is 0 Å². The van der Waals surface area contributed by atoms with Crippen LogP contribution in [0.4, 0.5) is 0 Å². The third kappa shape index (κ3) is 35.1. The molecule has 0 atom stereocenters. The average Bonchev–Trinajstić information content (AvgIpc) is 3.14. The molecule has 5 heteroatoms. The first-order chi connectivity index (χ1) is 25.8. The second-order valence-corrected chi connectivity index (χ2v) is 17.3. The average molecular weight is 750 g/mol. The summed E-state index contributed by atoms with van der Waals surface area (Å²) in [5.74, 6) is 1.93. The van der Waals surface area contributed by atoms with Crippen molar-refractivity contribution in [3.05, 3.63) is 0 Å². The Hall–Kier alpha value is -1.10. The molecule has 0 saturated carbocycles. The van der Waals surface area contributed by atoms with Crippen molar-refractivity contribution < 1.29 is 19.1 Å². The maximum atomic E-state index is 12.3. The third-order valence-corrected chi connectivity index (χ3v) is 11.7. The molecule has 0 aromatic carbocycles. The van der Waals surface area contributed by atoms with E-state index in [-0.39, 0.29) is 11.9 Å². The molecule has 0 aliphatic heterocycles. The van der Waals surface area contributed by atoms with Gasteiger partial charge in [0.1, 0.15) is 0 Å². The third-order valence-electron chi connectivity index (χ3n) is 11.7. The predicted molar refractivity (Wildman–Crippen MR) is 231 cm³/mol. The smallest absolute Gasteiger partial charge is 0.306 e. The highest BCUT2D eigenvalue weighted by atomic mass is 16.5. The van der Waals surface area contributed by atoms with Crippen LogP contribution in [0.1, 0.15) is 247 Å². The van der Waals surface area contributed by atoms with Crippen molar-refractivity contribution in [2.45, 2.75) is 253 Å². The summed E-state index contributed by atoms with van der Waals surface area (Å²) in [4.78, 5) is 27.2. The summed E-state index contributed by atoms with van der Waals surface area (Å²) in [5.41, 5.74) is 0. The van der Waals surface area contributed by atoms with Gasteiger partial charge in [-0.2, -0.15) is 0 Å². The minimum atomic E-state index is 0.0304. The van der Waals surface area contributed by atoms with Gasteiger partial charge in [0.05, 0.1) is 13.2 Å². The Labute approximate surface area is 332 Å². The highest BCUT2D eigenvalue weighted by Gasteiger charge is 2.16. The van der Waals surface area contributed by atoms with Gasteiger partial charge in [-0.1, -0.05) is 169 Å². The van der Waals surface area contributed by atoms with Crippen LogP contribution in [0.25, 0.3) is 0 Å². The van der Waals surface area contributed by atoms with Gasteiger partial charge in [-0.3, -0.25) is 9.59 Å². The molecule has 5 nitrogen and oxygen atoms in total. The molecule has 0 saturated heterocycles. The van der Waals surface area contributed by atoms with E-state index in [0.717, 1.165) is 18.8 Å². The van der Waals surface area contributed by atoms with Gasteiger partial charge >= 0.3 is 11.9 Å². The first-order valence-electron chi connectivity index (χ1n) is 23.8. The zero-order chi connectivity index (χ0) is 39.2.